The van der Waals surface area contributed by atoms with Crippen molar-refractivity contribution in [2.24, 2.45) is 0 Å². The summed E-state index contributed by atoms with van der Waals surface area (Å²) in [5.41, 5.74) is 1.63. The van der Waals surface area contributed by atoms with E-state index in [9.17, 15) is 13.2 Å². The number of sulfonamides is 1. The zero-order chi connectivity index (χ0) is 20.3. The van der Waals surface area contributed by atoms with Crippen LogP contribution in [0.4, 0.5) is 0 Å². The van der Waals surface area contributed by atoms with Crippen molar-refractivity contribution in [1.82, 2.24) is 4.72 Å². The number of carbonyl (C=O) groups excluding carboxylic acids is 1. The highest BCUT2D eigenvalue weighted by Gasteiger charge is 2.24. The molecule has 3 rings (SSSR count). The highest BCUT2D eigenvalue weighted by molar-refractivity contribution is 9.10. The lowest BCUT2D eigenvalue weighted by atomic mass is 10.2. The first-order chi connectivity index (χ1) is 13.3. The Balaban J connectivity index is 1.62. The predicted octanol–water partition coefficient (Wildman–Crippen LogP) is 2.94. The molecular weight excluding hydrogens is 450 g/mol. The lowest BCUT2D eigenvalue weighted by Crippen LogP contribution is -2.39. The van der Waals surface area contributed by atoms with Crippen LogP contribution in [0.25, 0.3) is 0 Å². The van der Waals surface area contributed by atoms with Crippen LogP contribution in [0.2, 0.25) is 0 Å². The van der Waals surface area contributed by atoms with Crippen molar-refractivity contribution in [3.63, 3.8) is 0 Å². The standard InChI is InChI=1S/C19H20BrNO6S/c1-12-3-5-15(6-4-12)28(23,24)21-13(2)19(22)27-11-14-9-17-18(10-16(14)20)26-8-7-25-17/h3-6,9-10,13,21H,7-8,11H2,1-2H3/t13-/m0/s1. The number of esters is 1. The van der Waals surface area contributed by atoms with Gasteiger partial charge in [0.15, 0.2) is 11.5 Å². The Labute approximate surface area is 172 Å². The van der Waals surface area contributed by atoms with Crippen LogP contribution >= 0.6 is 15.9 Å². The van der Waals surface area contributed by atoms with Crippen molar-refractivity contribution in [1.29, 1.82) is 0 Å². The molecule has 0 saturated heterocycles. The fraction of sp³-hybridized carbons (Fsp3) is 0.316. The third-order valence-corrected chi connectivity index (χ3v) is 6.39. The minimum Gasteiger partial charge on any atom is -0.486 e. The molecule has 0 saturated carbocycles. The molecule has 0 bridgehead atoms. The predicted molar refractivity (Wildman–Crippen MR) is 106 cm³/mol. The number of carbonyl (C=O) groups is 1. The van der Waals surface area contributed by atoms with E-state index < -0.39 is 22.0 Å². The lowest BCUT2D eigenvalue weighted by Gasteiger charge is -2.20. The molecule has 1 heterocycles. The van der Waals surface area contributed by atoms with Gasteiger partial charge in [0.2, 0.25) is 10.0 Å². The van der Waals surface area contributed by atoms with Crippen molar-refractivity contribution in [2.75, 3.05) is 13.2 Å². The molecule has 28 heavy (non-hydrogen) atoms. The highest BCUT2D eigenvalue weighted by atomic mass is 79.9. The van der Waals surface area contributed by atoms with Crippen LogP contribution in [-0.2, 0) is 26.2 Å². The van der Waals surface area contributed by atoms with Gasteiger partial charge in [-0.15, -0.1) is 0 Å². The maximum atomic E-state index is 12.4. The van der Waals surface area contributed by atoms with Gasteiger partial charge in [0, 0.05) is 10.0 Å². The van der Waals surface area contributed by atoms with E-state index in [1.54, 1.807) is 24.3 Å². The average molecular weight is 470 g/mol. The van der Waals surface area contributed by atoms with Crippen LogP contribution in [0, 0.1) is 6.92 Å². The van der Waals surface area contributed by atoms with Crippen LogP contribution < -0.4 is 14.2 Å². The smallest absolute Gasteiger partial charge is 0.324 e. The van der Waals surface area contributed by atoms with Crippen molar-refractivity contribution >= 4 is 31.9 Å². The van der Waals surface area contributed by atoms with Crippen molar-refractivity contribution in [3.05, 3.63) is 52.0 Å². The van der Waals surface area contributed by atoms with E-state index >= 15 is 0 Å². The fourth-order valence-electron chi connectivity index (χ4n) is 2.56. The van der Waals surface area contributed by atoms with Gasteiger partial charge in [-0.3, -0.25) is 4.79 Å². The monoisotopic (exact) mass is 469 g/mol. The molecule has 9 heteroatoms. The number of ether oxygens (including phenoxy) is 3. The van der Waals surface area contributed by atoms with E-state index in [1.807, 2.05) is 6.92 Å². The minimum atomic E-state index is -3.82. The van der Waals surface area contributed by atoms with E-state index in [4.69, 9.17) is 14.2 Å². The molecule has 1 aliphatic heterocycles. The van der Waals surface area contributed by atoms with Gasteiger partial charge in [-0.2, -0.15) is 4.72 Å². The van der Waals surface area contributed by atoms with Crippen LogP contribution in [0.1, 0.15) is 18.1 Å². The van der Waals surface area contributed by atoms with E-state index in [0.29, 0.717) is 34.7 Å². The minimum absolute atomic E-state index is 0.0351. The molecule has 0 radical (unpaired) electrons. The quantitative estimate of drug-likeness (QED) is 0.653. The Bertz CT molecular complexity index is 975. The lowest BCUT2D eigenvalue weighted by molar-refractivity contribution is -0.146. The Kier molecular flexibility index (Phi) is 6.26. The molecule has 0 unspecified atom stereocenters. The van der Waals surface area contributed by atoms with Gasteiger partial charge in [-0.1, -0.05) is 33.6 Å². The van der Waals surface area contributed by atoms with E-state index in [1.165, 1.54) is 19.1 Å². The first-order valence-corrected chi connectivity index (χ1v) is 10.9. The molecule has 1 atom stereocenters. The topological polar surface area (TPSA) is 90.9 Å². The molecule has 1 aliphatic rings. The zero-order valence-corrected chi connectivity index (χ0v) is 17.8. The van der Waals surface area contributed by atoms with E-state index in [0.717, 1.165) is 5.56 Å². The maximum Gasteiger partial charge on any atom is 0.324 e. The summed E-state index contributed by atoms with van der Waals surface area (Å²) in [5, 5.41) is 0. The van der Waals surface area contributed by atoms with Gasteiger partial charge in [-0.25, -0.2) is 8.42 Å². The summed E-state index contributed by atoms with van der Waals surface area (Å²) in [6.07, 6.45) is 0. The molecule has 2 aromatic rings. The molecule has 0 fully saturated rings. The van der Waals surface area contributed by atoms with Gasteiger partial charge >= 0.3 is 5.97 Å². The highest BCUT2D eigenvalue weighted by Crippen LogP contribution is 2.35. The second-order valence-corrected chi connectivity index (χ2v) is 8.92. The van der Waals surface area contributed by atoms with Crippen molar-refractivity contribution in [3.8, 4) is 11.5 Å². The van der Waals surface area contributed by atoms with Gasteiger partial charge in [0.25, 0.3) is 0 Å². The average Bonchev–Trinajstić information content (AvgIpc) is 2.66. The number of benzene rings is 2. The van der Waals surface area contributed by atoms with Gasteiger partial charge in [-0.05, 0) is 38.1 Å². The molecule has 0 aliphatic carbocycles. The summed E-state index contributed by atoms with van der Waals surface area (Å²) in [6, 6.07) is 8.80. The largest absolute Gasteiger partial charge is 0.486 e. The number of hydrogen-bond acceptors (Lipinski definition) is 6. The van der Waals surface area contributed by atoms with Crippen molar-refractivity contribution in [2.45, 2.75) is 31.4 Å². The van der Waals surface area contributed by atoms with Gasteiger partial charge in [0.05, 0.1) is 4.90 Å². The number of halogens is 1. The van der Waals surface area contributed by atoms with Crippen molar-refractivity contribution < 1.29 is 27.4 Å². The molecule has 150 valence electrons. The molecule has 0 amide bonds. The second-order valence-electron chi connectivity index (χ2n) is 6.35. The van der Waals surface area contributed by atoms with Crippen LogP contribution in [-0.4, -0.2) is 33.6 Å². The van der Waals surface area contributed by atoms with Gasteiger partial charge < -0.3 is 14.2 Å². The zero-order valence-electron chi connectivity index (χ0n) is 15.4. The van der Waals surface area contributed by atoms with E-state index in [-0.39, 0.29) is 11.5 Å². The van der Waals surface area contributed by atoms with Gasteiger partial charge in [0.1, 0.15) is 25.9 Å². The first-order valence-electron chi connectivity index (χ1n) is 8.60. The number of hydrogen-bond donors (Lipinski definition) is 1. The number of fused-ring (bicyclic) bond motifs is 1. The maximum absolute atomic E-state index is 12.4. The van der Waals surface area contributed by atoms with Crippen LogP contribution in [0.5, 0.6) is 11.5 Å². The summed E-state index contributed by atoms with van der Waals surface area (Å²) in [4.78, 5) is 12.3. The molecule has 0 aromatic heterocycles. The third-order valence-electron chi connectivity index (χ3n) is 4.10. The third kappa shape index (κ3) is 4.84. The Morgan fingerprint density at radius 2 is 1.79 bits per heavy atom. The first kappa shape index (κ1) is 20.6. The summed E-state index contributed by atoms with van der Waals surface area (Å²) in [7, 11) is -3.82. The summed E-state index contributed by atoms with van der Waals surface area (Å²) in [5.74, 6) is 0.513. The SMILES string of the molecule is Cc1ccc(S(=O)(=O)N[C@@H](C)C(=O)OCc2cc3c(cc2Br)OCCO3)cc1. The molecule has 2 aromatic carbocycles. The molecule has 0 spiro atoms. The number of nitrogens with one attached hydrogen (secondary N) is 1. The summed E-state index contributed by atoms with van der Waals surface area (Å²) < 4.78 is 44.1. The second kappa shape index (κ2) is 8.50. The molecule has 7 nitrogen and oxygen atoms in total. The number of rotatable bonds is 6. The Hall–Kier alpha value is -2.10. The molecular formula is C19H20BrNO6S. The molecule has 1 N–H and O–H groups in total. The summed E-state index contributed by atoms with van der Waals surface area (Å²) in [6.45, 7) is 4.19. The fourth-order valence-corrected chi connectivity index (χ4v) is 4.19. The Morgan fingerprint density at radius 3 is 2.43 bits per heavy atom. The van der Waals surface area contributed by atoms with Crippen LogP contribution in [0.3, 0.4) is 0 Å². The normalized spacial score (nSPS) is 14.4. The van der Waals surface area contributed by atoms with E-state index in [2.05, 4.69) is 20.7 Å². The van der Waals surface area contributed by atoms with Crippen LogP contribution in [0.15, 0.2) is 45.8 Å². The summed E-state index contributed by atoms with van der Waals surface area (Å²) >= 11 is 3.41. The number of aryl methyl sites for hydroxylation is 1. The Morgan fingerprint density at radius 1 is 1.18 bits per heavy atom.